The number of nitrogens with zero attached hydrogens (tertiary/aromatic N) is 2. The predicted octanol–water partition coefficient (Wildman–Crippen LogP) is 6.36. The molecule has 1 heterocycles. The average molecular weight is 556 g/mol. The van der Waals surface area contributed by atoms with Crippen molar-refractivity contribution in [3.05, 3.63) is 103 Å². The van der Waals surface area contributed by atoms with Crippen LogP contribution in [0.15, 0.2) is 102 Å². The fourth-order valence-corrected chi connectivity index (χ4v) is 5.42. The van der Waals surface area contributed by atoms with Gasteiger partial charge in [0.15, 0.2) is 11.6 Å². The summed E-state index contributed by atoms with van der Waals surface area (Å²) in [6, 6.07) is 28.9. The average Bonchev–Trinajstić information content (AvgIpc) is 2.97. The fourth-order valence-electron chi connectivity index (χ4n) is 4.24. The van der Waals surface area contributed by atoms with Crippen LogP contribution in [0.5, 0.6) is 11.5 Å². The molecule has 0 fully saturated rings. The zero-order valence-corrected chi connectivity index (χ0v) is 23.1. The fraction of sp³-hybridized carbons (Fsp3) is 0.133. The van der Waals surface area contributed by atoms with Crippen LogP contribution in [0.4, 0.5) is 23.0 Å². The molecule has 0 aliphatic heterocycles. The van der Waals surface area contributed by atoms with E-state index < -0.39 is 10.0 Å². The van der Waals surface area contributed by atoms with E-state index in [0.717, 1.165) is 5.56 Å². The largest absolute Gasteiger partial charge is 0.497 e. The molecule has 0 saturated carbocycles. The number of hydrogen-bond acceptors (Lipinski definition) is 8. The van der Waals surface area contributed by atoms with Crippen LogP contribution >= 0.6 is 0 Å². The summed E-state index contributed by atoms with van der Waals surface area (Å²) in [4.78, 5) is 9.36. The number of aromatic nitrogens is 2. The highest BCUT2D eigenvalue weighted by Gasteiger charge is 2.23. The summed E-state index contributed by atoms with van der Waals surface area (Å²) in [6.07, 6.45) is 0. The maximum atomic E-state index is 13.8. The van der Waals surface area contributed by atoms with E-state index >= 15 is 0 Å². The first-order chi connectivity index (χ1) is 19.4. The minimum Gasteiger partial charge on any atom is -0.497 e. The summed E-state index contributed by atoms with van der Waals surface area (Å²) in [5.41, 5.74) is 3.22. The molecule has 0 spiro atoms. The number of sulfonamides is 1. The smallest absolute Gasteiger partial charge is 0.265 e. The summed E-state index contributed by atoms with van der Waals surface area (Å²) >= 11 is 0. The minimum atomic E-state index is -4.09. The van der Waals surface area contributed by atoms with Crippen molar-refractivity contribution in [2.24, 2.45) is 0 Å². The van der Waals surface area contributed by atoms with E-state index in [4.69, 9.17) is 9.47 Å². The van der Waals surface area contributed by atoms with Crippen LogP contribution in [0.2, 0.25) is 0 Å². The van der Waals surface area contributed by atoms with Gasteiger partial charge in [-0.25, -0.2) is 18.4 Å². The zero-order valence-electron chi connectivity index (χ0n) is 22.3. The summed E-state index contributed by atoms with van der Waals surface area (Å²) in [5.74, 6) is 1.39. The number of benzene rings is 4. The van der Waals surface area contributed by atoms with Gasteiger partial charge in [0.1, 0.15) is 16.4 Å². The lowest BCUT2D eigenvalue weighted by atomic mass is 10.1. The van der Waals surface area contributed by atoms with Gasteiger partial charge in [-0.05, 0) is 36.8 Å². The zero-order chi connectivity index (χ0) is 28.1. The lowest BCUT2D eigenvalue weighted by molar-refractivity contribution is 0.395. The number of anilines is 4. The van der Waals surface area contributed by atoms with Crippen LogP contribution in [0.1, 0.15) is 18.5 Å². The van der Waals surface area contributed by atoms with Crippen molar-refractivity contribution in [3.8, 4) is 11.5 Å². The molecule has 204 valence electrons. The second kappa shape index (κ2) is 11.5. The molecule has 40 heavy (non-hydrogen) atoms. The number of methoxy groups -OCH3 is 2. The molecule has 1 unspecified atom stereocenters. The van der Waals surface area contributed by atoms with E-state index in [1.165, 1.54) is 0 Å². The van der Waals surface area contributed by atoms with Gasteiger partial charge in [0.05, 0.1) is 30.9 Å². The van der Waals surface area contributed by atoms with Crippen molar-refractivity contribution in [3.63, 3.8) is 0 Å². The van der Waals surface area contributed by atoms with Gasteiger partial charge in [-0.1, -0.05) is 54.6 Å². The maximum Gasteiger partial charge on any atom is 0.265 e. The molecular weight excluding hydrogens is 526 g/mol. The van der Waals surface area contributed by atoms with E-state index in [0.29, 0.717) is 33.9 Å². The first-order valence-electron chi connectivity index (χ1n) is 12.6. The Balaban J connectivity index is 1.52. The van der Waals surface area contributed by atoms with E-state index in [-0.39, 0.29) is 22.6 Å². The van der Waals surface area contributed by atoms with Crippen LogP contribution < -0.4 is 24.8 Å². The van der Waals surface area contributed by atoms with Crippen molar-refractivity contribution in [2.45, 2.75) is 17.9 Å². The molecule has 5 aromatic rings. The third-order valence-electron chi connectivity index (χ3n) is 6.26. The van der Waals surface area contributed by atoms with Crippen LogP contribution in [-0.4, -0.2) is 32.6 Å². The Morgan fingerprint density at radius 1 is 0.725 bits per heavy atom. The van der Waals surface area contributed by atoms with Crippen LogP contribution in [0, 0.1) is 0 Å². The number of ether oxygens (including phenoxy) is 2. The minimum absolute atomic E-state index is 0.0476. The molecule has 1 atom stereocenters. The molecule has 10 heteroatoms. The topological polar surface area (TPSA) is 114 Å². The third-order valence-corrected chi connectivity index (χ3v) is 7.66. The number of hydrogen-bond donors (Lipinski definition) is 3. The van der Waals surface area contributed by atoms with Crippen molar-refractivity contribution in [1.29, 1.82) is 0 Å². The van der Waals surface area contributed by atoms with Gasteiger partial charge in [-0.3, -0.25) is 4.72 Å². The number of fused-ring (bicyclic) bond motifs is 1. The number of nitrogens with one attached hydrogen (secondary N) is 3. The SMILES string of the molecule is COc1cc(Nc2nc3ccccc3nc2NS(=O)(=O)c2ccccc2NC(C)c2ccccc2)cc(OC)c1. The van der Waals surface area contributed by atoms with E-state index in [9.17, 15) is 8.42 Å². The number of para-hydroxylation sites is 3. The lowest BCUT2D eigenvalue weighted by Crippen LogP contribution is -2.18. The van der Waals surface area contributed by atoms with E-state index in [1.54, 1.807) is 62.8 Å². The normalized spacial score (nSPS) is 12.0. The third kappa shape index (κ3) is 5.92. The first-order valence-corrected chi connectivity index (χ1v) is 14.0. The second-order valence-corrected chi connectivity index (χ2v) is 10.7. The van der Waals surface area contributed by atoms with Crippen LogP contribution in [0.25, 0.3) is 11.0 Å². The molecule has 4 aromatic carbocycles. The Labute approximate surface area is 233 Å². The molecule has 0 amide bonds. The molecule has 0 aliphatic rings. The predicted molar refractivity (Wildman–Crippen MR) is 158 cm³/mol. The highest BCUT2D eigenvalue weighted by Crippen LogP contribution is 2.33. The Morgan fingerprint density at radius 3 is 1.95 bits per heavy atom. The summed E-state index contributed by atoms with van der Waals surface area (Å²) in [7, 11) is -0.978. The quantitative estimate of drug-likeness (QED) is 0.182. The Morgan fingerprint density at radius 2 is 1.30 bits per heavy atom. The van der Waals surface area contributed by atoms with Crippen molar-refractivity contribution in [1.82, 2.24) is 9.97 Å². The van der Waals surface area contributed by atoms with Gasteiger partial charge in [-0.15, -0.1) is 0 Å². The molecule has 0 saturated heterocycles. The maximum absolute atomic E-state index is 13.8. The van der Waals surface area contributed by atoms with E-state index in [1.807, 2.05) is 55.5 Å². The van der Waals surface area contributed by atoms with Gasteiger partial charge in [0.25, 0.3) is 10.0 Å². The summed E-state index contributed by atoms with van der Waals surface area (Å²) in [6.45, 7) is 1.98. The highest BCUT2D eigenvalue weighted by molar-refractivity contribution is 7.92. The van der Waals surface area contributed by atoms with Crippen molar-refractivity contribution >= 4 is 44.1 Å². The van der Waals surface area contributed by atoms with Gasteiger partial charge in [-0.2, -0.15) is 0 Å². The standard InChI is InChI=1S/C30H29N5O4S/c1-20(21-11-5-4-6-12-21)31-27-15-9-10-16-28(27)40(36,37)35-30-29(33-25-13-7-8-14-26(25)34-30)32-22-17-23(38-2)19-24(18-22)39-3/h4-20,31H,1-3H3,(H,32,33)(H,34,35). The Hall–Kier alpha value is -4.83. The molecule has 0 aliphatic carbocycles. The van der Waals surface area contributed by atoms with Gasteiger partial charge >= 0.3 is 0 Å². The molecule has 0 radical (unpaired) electrons. The van der Waals surface area contributed by atoms with E-state index in [2.05, 4.69) is 25.3 Å². The Bertz CT molecular complexity index is 1720. The lowest BCUT2D eigenvalue weighted by Gasteiger charge is -2.19. The molecule has 3 N–H and O–H groups in total. The highest BCUT2D eigenvalue weighted by atomic mass is 32.2. The summed E-state index contributed by atoms with van der Waals surface area (Å²) in [5, 5.41) is 6.51. The molecule has 1 aromatic heterocycles. The molecular formula is C30H29N5O4S. The first kappa shape index (κ1) is 26.8. The Kier molecular flexibility index (Phi) is 7.70. The van der Waals surface area contributed by atoms with Crippen molar-refractivity contribution in [2.75, 3.05) is 29.6 Å². The van der Waals surface area contributed by atoms with Crippen molar-refractivity contribution < 1.29 is 17.9 Å². The molecule has 9 nitrogen and oxygen atoms in total. The van der Waals surface area contributed by atoms with Gasteiger partial charge in [0, 0.05) is 29.9 Å². The van der Waals surface area contributed by atoms with Gasteiger partial charge < -0.3 is 20.1 Å². The molecule has 5 rings (SSSR count). The summed E-state index contributed by atoms with van der Waals surface area (Å²) < 4.78 is 41.0. The molecule has 0 bridgehead atoms. The van der Waals surface area contributed by atoms with Crippen LogP contribution in [0.3, 0.4) is 0 Å². The monoisotopic (exact) mass is 555 g/mol. The van der Waals surface area contributed by atoms with Gasteiger partial charge in [0.2, 0.25) is 0 Å². The number of rotatable bonds is 10. The van der Waals surface area contributed by atoms with Crippen LogP contribution in [-0.2, 0) is 10.0 Å². The second-order valence-electron chi connectivity index (χ2n) is 9.01.